The molecule has 3 aromatic rings. The van der Waals surface area contributed by atoms with E-state index in [0.717, 1.165) is 6.07 Å². The average molecular weight is 523 g/mol. The highest BCUT2D eigenvalue weighted by molar-refractivity contribution is 6.07. The minimum absolute atomic E-state index is 0.0585. The largest absolute Gasteiger partial charge is 0.478 e. The molecule has 0 fully saturated rings. The van der Waals surface area contributed by atoms with Crippen LogP contribution in [0.1, 0.15) is 38.3 Å². The monoisotopic (exact) mass is 522 g/mol. The molecule has 0 unspecified atom stereocenters. The second kappa shape index (κ2) is 12.2. The molecule has 38 heavy (non-hydrogen) atoms. The number of carbonyl (C=O) groups is 3. The number of carbonyl (C=O) groups excluding carboxylic acids is 1. The number of carboxylic acids is 2. The van der Waals surface area contributed by atoms with Crippen molar-refractivity contribution in [2.45, 2.75) is 19.3 Å². The Bertz CT molecular complexity index is 1420. The van der Waals surface area contributed by atoms with Crippen LogP contribution in [-0.2, 0) is 17.6 Å². The van der Waals surface area contributed by atoms with Gasteiger partial charge in [-0.15, -0.1) is 0 Å². The first-order chi connectivity index (χ1) is 18.1. The summed E-state index contributed by atoms with van der Waals surface area (Å²) in [6.07, 6.45) is 8.52. The third kappa shape index (κ3) is 6.75. The molecular weight excluding hydrogens is 495 g/mol. The molecule has 0 saturated heterocycles. The van der Waals surface area contributed by atoms with E-state index in [9.17, 15) is 29.0 Å². The van der Waals surface area contributed by atoms with Gasteiger partial charge in [0.05, 0.1) is 22.5 Å². The Morgan fingerprint density at radius 2 is 1.74 bits per heavy atom. The van der Waals surface area contributed by atoms with Gasteiger partial charge in [0.2, 0.25) is 0 Å². The van der Waals surface area contributed by atoms with Crippen molar-refractivity contribution in [1.29, 1.82) is 0 Å². The van der Waals surface area contributed by atoms with E-state index in [1.54, 1.807) is 19.3 Å². The number of aryl methyl sites for hydroxylation is 2. The summed E-state index contributed by atoms with van der Waals surface area (Å²) in [5.74, 6) is -3.55. The molecule has 0 aliphatic heterocycles. The fourth-order valence-corrected chi connectivity index (χ4v) is 3.65. The molecule has 8 N–H and O–H groups in total. The molecule has 0 atom stereocenters. The molecule has 0 aliphatic rings. The summed E-state index contributed by atoms with van der Waals surface area (Å²) in [6, 6.07) is 6.97. The summed E-state index contributed by atoms with van der Waals surface area (Å²) in [5, 5.41) is 24.1. The van der Waals surface area contributed by atoms with Gasteiger partial charge in [0.1, 0.15) is 18.0 Å². The number of nitrogens with zero attached hydrogens (tertiary/aromatic N) is 2. The van der Waals surface area contributed by atoms with Crippen LogP contribution in [-0.4, -0.2) is 44.7 Å². The predicted octanol–water partition coefficient (Wildman–Crippen LogP) is 2.87. The van der Waals surface area contributed by atoms with E-state index in [-0.39, 0.29) is 28.3 Å². The zero-order valence-corrected chi connectivity index (χ0v) is 20.4. The van der Waals surface area contributed by atoms with Crippen LogP contribution in [0.25, 0.3) is 5.82 Å². The quantitative estimate of drug-likeness (QED) is 0.163. The molecule has 1 heterocycles. The summed E-state index contributed by atoms with van der Waals surface area (Å²) in [7, 11) is 1.55. The number of amides is 1. The Kier molecular flexibility index (Phi) is 8.82. The molecule has 3 rings (SSSR count). The van der Waals surface area contributed by atoms with Gasteiger partial charge in [0, 0.05) is 25.1 Å². The van der Waals surface area contributed by atoms with Gasteiger partial charge in [-0.2, -0.15) is 0 Å². The van der Waals surface area contributed by atoms with Crippen LogP contribution >= 0.6 is 0 Å². The maximum Gasteiger partial charge on any atom is 0.337 e. The summed E-state index contributed by atoms with van der Waals surface area (Å²) < 4.78 is 15.9. The van der Waals surface area contributed by atoms with Gasteiger partial charge in [-0.25, -0.2) is 19.0 Å². The minimum Gasteiger partial charge on any atom is -0.478 e. The number of benzene rings is 2. The van der Waals surface area contributed by atoms with Crippen LogP contribution in [0.2, 0.25) is 0 Å². The number of hydrogen-bond acceptors (Lipinski definition) is 7. The Hall–Kier alpha value is -5.13. The number of rotatable bonds is 11. The fourth-order valence-electron chi connectivity index (χ4n) is 3.65. The zero-order chi connectivity index (χ0) is 27.8. The van der Waals surface area contributed by atoms with Crippen molar-refractivity contribution in [2.24, 2.45) is 11.5 Å². The highest BCUT2D eigenvalue weighted by Crippen LogP contribution is 2.24. The van der Waals surface area contributed by atoms with Crippen molar-refractivity contribution in [2.75, 3.05) is 17.7 Å². The molecular formula is C26H27FN6O5. The normalized spacial score (nSPS) is 11.7. The highest BCUT2D eigenvalue weighted by atomic mass is 19.1. The molecule has 2 aromatic carbocycles. The van der Waals surface area contributed by atoms with E-state index < -0.39 is 23.7 Å². The smallest absolute Gasteiger partial charge is 0.337 e. The van der Waals surface area contributed by atoms with E-state index >= 15 is 0 Å². The number of halogens is 1. The fraction of sp³-hybridized carbons (Fsp3) is 0.154. The van der Waals surface area contributed by atoms with Crippen molar-refractivity contribution < 1.29 is 29.0 Å². The Morgan fingerprint density at radius 1 is 1.03 bits per heavy atom. The summed E-state index contributed by atoms with van der Waals surface area (Å²) in [4.78, 5) is 39.4. The molecule has 0 saturated carbocycles. The number of aromatic nitrogens is 2. The summed E-state index contributed by atoms with van der Waals surface area (Å²) >= 11 is 0. The first kappa shape index (κ1) is 27.5. The third-order valence-electron chi connectivity index (χ3n) is 5.66. The Balaban J connectivity index is 1.68. The van der Waals surface area contributed by atoms with Gasteiger partial charge >= 0.3 is 11.9 Å². The van der Waals surface area contributed by atoms with Crippen LogP contribution in [0.5, 0.6) is 0 Å². The van der Waals surface area contributed by atoms with Crippen molar-refractivity contribution in [1.82, 2.24) is 9.55 Å². The molecule has 0 spiro atoms. The first-order valence-corrected chi connectivity index (χ1v) is 11.4. The SMILES string of the molecule is CNc1cc(CCCc2ccc(NC(=O)/C(N)=C/C=C(\N)n3ccnc3)c(C(=O)O)c2)c(F)cc1C(=O)O. The third-order valence-corrected chi connectivity index (χ3v) is 5.66. The number of hydrogen-bond donors (Lipinski definition) is 6. The average Bonchev–Trinajstić information content (AvgIpc) is 3.43. The van der Waals surface area contributed by atoms with Crippen LogP contribution in [0.3, 0.4) is 0 Å². The maximum absolute atomic E-state index is 14.4. The van der Waals surface area contributed by atoms with Crippen LogP contribution < -0.4 is 22.1 Å². The second-order valence-corrected chi connectivity index (χ2v) is 8.22. The second-order valence-electron chi connectivity index (χ2n) is 8.22. The van der Waals surface area contributed by atoms with Crippen LogP contribution in [0.15, 0.2) is 66.9 Å². The van der Waals surface area contributed by atoms with E-state index in [1.807, 2.05) is 0 Å². The lowest BCUT2D eigenvalue weighted by molar-refractivity contribution is -0.112. The lowest BCUT2D eigenvalue weighted by Gasteiger charge is -2.12. The molecule has 1 amide bonds. The molecule has 1 aromatic heterocycles. The molecule has 0 bridgehead atoms. The maximum atomic E-state index is 14.4. The molecule has 12 heteroatoms. The van der Waals surface area contributed by atoms with E-state index in [2.05, 4.69) is 15.6 Å². The van der Waals surface area contributed by atoms with E-state index in [1.165, 1.54) is 47.4 Å². The Morgan fingerprint density at radius 3 is 2.37 bits per heavy atom. The number of carboxylic acid groups (broad SMARTS) is 2. The minimum atomic E-state index is -1.25. The van der Waals surface area contributed by atoms with Crippen molar-refractivity contribution >= 4 is 35.0 Å². The molecule has 11 nitrogen and oxygen atoms in total. The molecule has 0 aliphatic carbocycles. The number of anilines is 2. The summed E-state index contributed by atoms with van der Waals surface area (Å²) in [5.41, 5.74) is 12.6. The van der Waals surface area contributed by atoms with Gasteiger partial charge in [-0.1, -0.05) is 6.07 Å². The van der Waals surface area contributed by atoms with Crippen LogP contribution in [0, 0.1) is 5.82 Å². The number of imidazole rings is 1. The number of nitrogens with two attached hydrogens (primary N) is 2. The van der Waals surface area contributed by atoms with Gasteiger partial charge in [0.15, 0.2) is 0 Å². The lowest BCUT2D eigenvalue weighted by Crippen LogP contribution is -2.21. The van der Waals surface area contributed by atoms with Gasteiger partial charge in [-0.05, 0) is 66.8 Å². The van der Waals surface area contributed by atoms with Gasteiger partial charge in [-0.3, -0.25) is 9.36 Å². The van der Waals surface area contributed by atoms with E-state index in [4.69, 9.17) is 11.5 Å². The van der Waals surface area contributed by atoms with Crippen molar-refractivity contribution in [3.63, 3.8) is 0 Å². The predicted molar refractivity (Wildman–Crippen MR) is 140 cm³/mol. The summed E-state index contributed by atoms with van der Waals surface area (Å²) in [6.45, 7) is 0. The van der Waals surface area contributed by atoms with Gasteiger partial charge in [0.25, 0.3) is 5.91 Å². The van der Waals surface area contributed by atoms with E-state index in [0.29, 0.717) is 36.1 Å². The topological polar surface area (TPSA) is 186 Å². The highest BCUT2D eigenvalue weighted by Gasteiger charge is 2.16. The zero-order valence-electron chi connectivity index (χ0n) is 20.4. The number of aromatic carboxylic acids is 2. The standard InChI is InChI=1S/C26H27FN6O5/c1-30-22-12-16(19(27)13-18(22)26(37)38)4-2-3-15-5-7-21(17(11-15)25(35)36)32-24(34)20(28)6-8-23(29)33-10-9-31-14-33/h5-14,30H,2-4,28-29H2,1H3,(H,32,34)(H,35,36)(H,37,38)/b20-6-,23-8+. The van der Waals surface area contributed by atoms with Crippen molar-refractivity contribution in [3.8, 4) is 0 Å². The lowest BCUT2D eigenvalue weighted by atomic mass is 9.99. The van der Waals surface area contributed by atoms with Gasteiger partial charge < -0.3 is 32.3 Å². The first-order valence-electron chi connectivity index (χ1n) is 11.4. The van der Waals surface area contributed by atoms with Crippen molar-refractivity contribution in [3.05, 3.63) is 95.0 Å². The Labute approximate surface area is 217 Å². The number of nitrogens with one attached hydrogen (secondary N) is 2. The molecule has 0 radical (unpaired) electrons. The molecule has 198 valence electrons. The number of allylic oxidation sites excluding steroid dienone is 2. The van der Waals surface area contributed by atoms with Crippen LogP contribution in [0.4, 0.5) is 15.8 Å².